The topological polar surface area (TPSA) is 104 Å². The van der Waals surface area contributed by atoms with E-state index < -0.39 is 0 Å². The number of carbonyl (C=O) groups is 1. The third kappa shape index (κ3) is 2.98. The van der Waals surface area contributed by atoms with Crippen molar-refractivity contribution < 1.29 is 9.32 Å². The molecule has 0 bridgehead atoms. The molecule has 4 rings (SSSR count). The lowest BCUT2D eigenvalue weighted by atomic mass is 10.1. The molecule has 0 fully saturated rings. The van der Waals surface area contributed by atoms with Crippen molar-refractivity contribution in [2.24, 2.45) is 11.0 Å². The first-order chi connectivity index (χ1) is 12.6. The molecule has 3 aromatic rings. The second-order valence-electron chi connectivity index (χ2n) is 6.29. The Labute approximate surface area is 149 Å². The Kier molecular flexibility index (Phi) is 4.02. The first-order valence-electron chi connectivity index (χ1n) is 8.26. The van der Waals surface area contributed by atoms with Gasteiger partial charge in [-0.2, -0.15) is 0 Å². The van der Waals surface area contributed by atoms with Gasteiger partial charge in [0.25, 0.3) is 0 Å². The minimum absolute atomic E-state index is 0.0304. The summed E-state index contributed by atoms with van der Waals surface area (Å²) in [4.78, 5) is 11.9. The number of benzene rings is 2. The molecule has 2 heterocycles. The van der Waals surface area contributed by atoms with Crippen molar-refractivity contribution in [3.8, 4) is 11.3 Å². The zero-order valence-electron chi connectivity index (χ0n) is 14.3. The van der Waals surface area contributed by atoms with Gasteiger partial charge in [0.1, 0.15) is 5.52 Å². The number of amidine groups is 1. The van der Waals surface area contributed by atoms with Crippen LogP contribution in [0.5, 0.6) is 0 Å². The van der Waals surface area contributed by atoms with E-state index >= 15 is 0 Å². The van der Waals surface area contributed by atoms with Gasteiger partial charge in [0.05, 0.1) is 5.39 Å². The van der Waals surface area contributed by atoms with Crippen LogP contribution in [0.15, 0.2) is 52.1 Å². The van der Waals surface area contributed by atoms with Crippen molar-refractivity contribution in [1.82, 2.24) is 21.7 Å². The number of hydrazine groups is 2. The van der Waals surface area contributed by atoms with Crippen molar-refractivity contribution in [3.05, 3.63) is 48.0 Å². The molecule has 26 heavy (non-hydrogen) atoms. The second-order valence-corrected chi connectivity index (χ2v) is 6.29. The third-order valence-corrected chi connectivity index (χ3v) is 4.07. The predicted molar refractivity (Wildman–Crippen MR) is 98.9 cm³/mol. The first kappa shape index (κ1) is 16.1. The lowest BCUT2D eigenvalue weighted by Crippen LogP contribution is -2.35. The number of nitrogens with zero attached hydrogens (tertiary/aromatic N) is 2. The highest BCUT2D eigenvalue weighted by atomic mass is 16.5. The van der Waals surface area contributed by atoms with E-state index in [9.17, 15) is 4.79 Å². The van der Waals surface area contributed by atoms with Gasteiger partial charge in [-0.3, -0.25) is 10.2 Å². The SMILES string of the molecule is CC(C)C(=O)Nc1cccc(-c2onc3ccc(C4=NNNN4)cc23)c1. The molecule has 0 saturated heterocycles. The Morgan fingerprint density at radius 3 is 2.81 bits per heavy atom. The maximum atomic E-state index is 11.9. The van der Waals surface area contributed by atoms with E-state index in [1.165, 1.54) is 0 Å². The standard InChI is InChI=1S/C18H18N6O2/c1-10(2)18(25)19-13-5-3-4-11(8-13)16-14-9-12(17-20-23-24-21-17)6-7-15(14)22-26-16/h3-10,23-24H,1-2H3,(H,19,25)(H,20,21). The summed E-state index contributed by atoms with van der Waals surface area (Å²) >= 11 is 0. The molecule has 1 aliphatic heterocycles. The minimum atomic E-state index is -0.0887. The van der Waals surface area contributed by atoms with Crippen molar-refractivity contribution in [3.63, 3.8) is 0 Å². The van der Waals surface area contributed by atoms with E-state index in [2.05, 4.69) is 32.1 Å². The number of hydrogen-bond acceptors (Lipinski definition) is 7. The summed E-state index contributed by atoms with van der Waals surface area (Å²) in [6.45, 7) is 3.71. The van der Waals surface area contributed by atoms with Crippen LogP contribution < -0.4 is 21.8 Å². The van der Waals surface area contributed by atoms with Crippen LogP contribution in [0.25, 0.3) is 22.2 Å². The second kappa shape index (κ2) is 6.49. The molecular weight excluding hydrogens is 332 g/mol. The number of fused-ring (bicyclic) bond motifs is 1. The van der Waals surface area contributed by atoms with Gasteiger partial charge in [0, 0.05) is 22.7 Å². The summed E-state index contributed by atoms with van der Waals surface area (Å²) in [6.07, 6.45) is 0. The lowest BCUT2D eigenvalue weighted by Gasteiger charge is -2.08. The molecule has 132 valence electrons. The van der Waals surface area contributed by atoms with Crippen LogP contribution in [0, 0.1) is 5.92 Å². The molecule has 4 N–H and O–H groups in total. The zero-order chi connectivity index (χ0) is 18.1. The van der Waals surface area contributed by atoms with E-state index in [1.807, 2.05) is 56.3 Å². The van der Waals surface area contributed by atoms with Gasteiger partial charge >= 0.3 is 0 Å². The molecule has 8 nitrogen and oxygen atoms in total. The summed E-state index contributed by atoms with van der Waals surface area (Å²) in [7, 11) is 0. The van der Waals surface area contributed by atoms with E-state index in [1.54, 1.807) is 0 Å². The number of hydrogen-bond donors (Lipinski definition) is 4. The number of hydrazone groups is 1. The number of rotatable bonds is 4. The van der Waals surface area contributed by atoms with Crippen LogP contribution in [0.4, 0.5) is 5.69 Å². The van der Waals surface area contributed by atoms with Gasteiger partial charge in [-0.25, -0.2) is 5.53 Å². The van der Waals surface area contributed by atoms with Crippen LogP contribution >= 0.6 is 0 Å². The number of carbonyl (C=O) groups excluding carboxylic acids is 1. The Morgan fingerprint density at radius 1 is 1.15 bits per heavy atom. The average Bonchev–Trinajstić information content (AvgIpc) is 3.31. The first-order valence-corrected chi connectivity index (χ1v) is 8.26. The van der Waals surface area contributed by atoms with Crippen molar-refractivity contribution in [2.45, 2.75) is 13.8 Å². The highest BCUT2D eigenvalue weighted by molar-refractivity contribution is 6.04. The molecule has 0 saturated carbocycles. The maximum absolute atomic E-state index is 11.9. The van der Waals surface area contributed by atoms with Gasteiger partial charge in [0.15, 0.2) is 11.6 Å². The number of nitrogens with one attached hydrogen (secondary N) is 4. The van der Waals surface area contributed by atoms with Crippen molar-refractivity contribution in [1.29, 1.82) is 0 Å². The number of aromatic nitrogens is 1. The fourth-order valence-corrected chi connectivity index (χ4v) is 2.66. The average molecular weight is 350 g/mol. The van der Waals surface area contributed by atoms with Crippen LogP contribution in [0.3, 0.4) is 0 Å². The summed E-state index contributed by atoms with van der Waals surface area (Å²) in [5.41, 5.74) is 11.5. The van der Waals surface area contributed by atoms with Gasteiger partial charge in [0.2, 0.25) is 5.91 Å². The molecule has 1 aliphatic rings. The molecule has 0 spiro atoms. The molecule has 0 aliphatic carbocycles. The molecule has 1 amide bonds. The Hall–Kier alpha value is -3.39. The predicted octanol–water partition coefficient (Wildman–Crippen LogP) is 2.36. The highest BCUT2D eigenvalue weighted by Crippen LogP contribution is 2.31. The maximum Gasteiger partial charge on any atom is 0.226 e. The Balaban J connectivity index is 1.72. The molecule has 8 heteroatoms. The van der Waals surface area contributed by atoms with Crippen LogP contribution in [-0.4, -0.2) is 16.9 Å². The summed E-state index contributed by atoms with van der Waals surface area (Å²) in [5, 5.41) is 12.0. The van der Waals surface area contributed by atoms with Crippen molar-refractivity contribution in [2.75, 3.05) is 5.32 Å². The molecular formula is C18H18N6O2. The van der Waals surface area contributed by atoms with E-state index in [4.69, 9.17) is 4.52 Å². The summed E-state index contributed by atoms with van der Waals surface area (Å²) < 4.78 is 5.57. The number of amides is 1. The normalized spacial score (nSPS) is 13.4. The molecule has 0 radical (unpaired) electrons. The quantitative estimate of drug-likeness (QED) is 0.576. The smallest absolute Gasteiger partial charge is 0.226 e. The van der Waals surface area contributed by atoms with Gasteiger partial charge in [-0.15, -0.1) is 10.6 Å². The number of anilines is 1. The zero-order valence-corrected chi connectivity index (χ0v) is 14.3. The molecule has 2 aromatic carbocycles. The summed E-state index contributed by atoms with van der Waals surface area (Å²) in [6, 6.07) is 13.3. The van der Waals surface area contributed by atoms with E-state index in [0.717, 1.165) is 27.7 Å². The monoisotopic (exact) mass is 350 g/mol. The van der Waals surface area contributed by atoms with Gasteiger partial charge < -0.3 is 9.84 Å². The van der Waals surface area contributed by atoms with E-state index in [-0.39, 0.29) is 11.8 Å². The van der Waals surface area contributed by atoms with E-state index in [0.29, 0.717) is 11.6 Å². The fourth-order valence-electron chi connectivity index (χ4n) is 2.66. The largest absolute Gasteiger partial charge is 0.355 e. The molecule has 0 atom stereocenters. The van der Waals surface area contributed by atoms with Crippen molar-refractivity contribution >= 4 is 28.3 Å². The van der Waals surface area contributed by atoms with Crippen LogP contribution in [0.1, 0.15) is 19.4 Å². The van der Waals surface area contributed by atoms with Gasteiger partial charge in [-0.05, 0) is 30.3 Å². The highest BCUT2D eigenvalue weighted by Gasteiger charge is 2.15. The third-order valence-electron chi connectivity index (χ3n) is 4.07. The van der Waals surface area contributed by atoms with Crippen LogP contribution in [-0.2, 0) is 4.79 Å². The Morgan fingerprint density at radius 2 is 2.04 bits per heavy atom. The van der Waals surface area contributed by atoms with Crippen LogP contribution in [0.2, 0.25) is 0 Å². The lowest BCUT2D eigenvalue weighted by molar-refractivity contribution is -0.118. The summed E-state index contributed by atoms with van der Waals surface area (Å²) in [5.74, 6) is 1.20. The minimum Gasteiger partial charge on any atom is -0.355 e. The fraction of sp³-hybridized carbons (Fsp3) is 0.167. The molecule has 1 aromatic heterocycles. The van der Waals surface area contributed by atoms with Gasteiger partial charge in [-0.1, -0.05) is 31.1 Å². The Bertz CT molecular complexity index is 1010. The molecule has 0 unspecified atom stereocenters.